The van der Waals surface area contributed by atoms with Gasteiger partial charge in [-0.2, -0.15) is 0 Å². The number of nitrogens with one attached hydrogen (secondary N) is 1. The monoisotopic (exact) mass is 434 g/mol. The minimum atomic E-state index is -3.63. The maximum atomic E-state index is 13.8. The van der Waals surface area contributed by atoms with Gasteiger partial charge in [-0.15, -0.1) is 0 Å². The van der Waals surface area contributed by atoms with Crippen molar-refractivity contribution in [3.63, 3.8) is 0 Å². The number of fused-ring (bicyclic) bond motifs is 1. The number of hydrogen-bond acceptors (Lipinski definition) is 5. The van der Waals surface area contributed by atoms with Crippen LogP contribution in [0.4, 0.5) is 4.39 Å². The van der Waals surface area contributed by atoms with Gasteiger partial charge in [0.2, 0.25) is 22.7 Å². The van der Waals surface area contributed by atoms with Crippen LogP contribution in [0.5, 0.6) is 11.5 Å². The Bertz CT molecular complexity index is 1040. The molecule has 1 fully saturated rings. The maximum absolute atomic E-state index is 13.8. The van der Waals surface area contributed by atoms with Gasteiger partial charge in [0.05, 0.1) is 5.75 Å². The Labute approximate surface area is 174 Å². The second-order valence-corrected chi connectivity index (χ2v) is 9.40. The van der Waals surface area contributed by atoms with Crippen molar-refractivity contribution in [2.75, 3.05) is 19.9 Å². The number of halogens is 1. The van der Waals surface area contributed by atoms with E-state index in [-0.39, 0.29) is 43.0 Å². The van der Waals surface area contributed by atoms with E-state index in [0.29, 0.717) is 30.9 Å². The first-order chi connectivity index (χ1) is 14.4. The molecular weight excluding hydrogens is 411 g/mol. The zero-order valence-corrected chi connectivity index (χ0v) is 17.2. The van der Waals surface area contributed by atoms with E-state index in [1.54, 1.807) is 6.07 Å². The first-order valence-corrected chi connectivity index (χ1v) is 11.4. The fourth-order valence-corrected chi connectivity index (χ4v) is 5.26. The van der Waals surface area contributed by atoms with Gasteiger partial charge in [-0.05, 0) is 36.6 Å². The average molecular weight is 434 g/mol. The zero-order valence-electron chi connectivity index (χ0n) is 16.3. The minimum absolute atomic E-state index is 0.0983. The Morgan fingerprint density at radius 1 is 1.10 bits per heavy atom. The summed E-state index contributed by atoms with van der Waals surface area (Å²) in [5.41, 5.74) is 1.05. The number of rotatable bonds is 6. The first kappa shape index (κ1) is 20.6. The summed E-state index contributed by atoms with van der Waals surface area (Å²) in [6.07, 6.45) is 0.868. The molecule has 0 spiro atoms. The molecule has 4 rings (SSSR count). The summed E-state index contributed by atoms with van der Waals surface area (Å²) in [4.78, 5) is 12.5. The van der Waals surface area contributed by atoms with Crippen LogP contribution in [0.3, 0.4) is 0 Å². The second kappa shape index (κ2) is 8.61. The Hall–Kier alpha value is -2.65. The highest BCUT2D eigenvalue weighted by molar-refractivity contribution is 7.88. The summed E-state index contributed by atoms with van der Waals surface area (Å²) in [6, 6.07) is 11.4. The third-order valence-electron chi connectivity index (χ3n) is 5.42. The van der Waals surface area contributed by atoms with Crippen LogP contribution in [0.15, 0.2) is 42.5 Å². The van der Waals surface area contributed by atoms with Gasteiger partial charge in [-0.25, -0.2) is 17.1 Å². The quantitative estimate of drug-likeness (QED) is 0.755. The molecule has 2 aliphatic heterocycles. The van der Waals surface area contributed by atoms with Crippen molar-refractivity contribution in [2.45, 2.75) is 25.1 Å². The largest absolute Gasteiger partial charge is 0.454 e. The average Bonchev–Trinajstić information content (AvgIpc) is 3.21. The second-order valence-electron chi connectivity index (χ2n) is 7.43. The fraction of sp³-hybridized carbons (Fsp3) is 0.381. The maximum Gasteiger partial charge on any atom is 0.231 e. The summed E-state index contributed by atoms with van der Waals surface area (Å²) in [7, 11) is -3.63. The number of nitrogens with zero attached hydrogens (tertiary/aromatic N) is 1. The molecule has 30 heavy (non-hydrogen) atoms. The van der Waals surface area contributed by atoms with Crippen molar-refractivity contribution in [1.29, 1.82) is 0 Å². The third-order valence-corrected chi connectivity index (χ3v) is 7.25. The Kier molecular flexibility index (Phi) is 5.92. The molecule has 2 heterocycles. The molecule has 0 radical (unpaired) electrons. The van der Waals surface area contributed by atoms with Crippen LogP contribution >= 0.6 is 0 Å². The van der Waals surface area contributed by atoms with Crippen LogP contribution in [-0.2, 0) is 27.1 Å². The molecule has 2 aromatic carbocycles. The van der Waals surface area contributed by atoms with Crippen LogP contribution < -0.4 is 14.8 Å². The predicted molar refractivity (Wildman–Crippen MR) is 108 cm³/mol. The summed E-state index contributed by atoms with van der Waals surface area (Å²) in [6.45, 7) is 1.06. The van der Waals surface area contributed by atoms with Gasteiger partial charge in [0.15, 0.2) is 11.5 Å². The van der Waals surface area contributed by atoms with E-state index in [1.807, 2.05) is 18.2 Å². The fourth-order valence-electron chi connectivity index (χ4n) is 3.68. The molecule has 0 aliphatic carbocycles. The van der Waals surface area contributed by atoms with Gasteiger partial charge >= 0.3 is 0 Å². The van der Waals surface area contributed by atoms with Gasteiger partial charge in [0.25, 0.3) is 0 Å². The highest BCUT2D eigenvalue weighted by Crippen LogP contribution is 2.32. The Balaban J connectivity index is 1.28. The number of sulfonamides is 1. The molecule has 2 aliphatic rings. The van der Waals surface area contributed by atoms with E-state index in [1.165, 1.54) is 22.5 Å². The van der Waals surface area contributed by atoms with Crippen LogP contribution in [0.25, 0.3) is 0 Å². The van der Waals surface area contributed by atoms with Crippen molar-refractivity contribution in [2.24, 2.45) is 5.92 Å². The first-order valence-electron chi connectivity index (χ1n) is 9.80. The number of piperidine rings is 1. The van der Waals surface area contributed by atoms with Crippen molar-refractivity contribution >= 4 is 15.9 Å². The number of hydrogen-bond donors (Lipinski definition) is 1. The standard InChI is InChI=1S/C21H23FN2O5S/c22-18-4-2-1-3-17(18)13-30(26,27)24-9-7-16(8-10-24)21(25)23-12-15-5-6-19-20(11-15)29-14-28-19/h1-6,11,16H,7-10,12-14H2,(H,23,25). The molecule has 0 aromatic heterocycles. The van der Waals surface area contributed by atoms with Crippen molar-refractivity contribution < 1.29 is 27.1 Å². The molecule has 0 unspecified atom stereocenters. The van der Waals surface area contributed by atoms with Crippen molar-refractivity contribution in [1.82, 2.24) is 9.62 Å². The summed E-state index contributed by atoms with van der Waals surface area (Å²) in [5, 5.41) is 2.91. The molecule has 9 heteroatoms. The molecule has 1 N–H and O–H groups in total. The van der Waals surface area contributed by atoms with Crippen LogP contribution in [0.1, 0.15) is 24.0 Å². The number of benzene rings is 2. The molecule has 7 nitrogen and oxygen atoms in total. The summed E-state index contributed by atoms with van der Waals surface area (Å²) in [5.74, 6) is 0.0986. The van der Waals surface area contributed by atoms with Crippen molar-refractivity contribution in [3.8, 4) is 11.5 Å². The van der Waals surface area contributed by atoms with Crippen LogP contribution in [-0.4, -0.2) is 38.5 Å². The summed E-state index contributed by atoms with van der Waals surface area (Å²) < 4.78 is 51.0. The molecule has 160 valence electrons. The van der Waals surface area contributed by atoms with Crippen molar-refractivity contribution in [3.05, 3.63) is 59.4 Å². The van der Waals surface area contributed by atoms with Gasteiger partial charge in [0, 0.05) is 31.1 Å². The lowest BCUT2D eigenvalue weighted by Crippen LogP contribution is -2.43. The Morgan fingerprint density at radius 3 is 2.60 bits per heavy atom. The van der Waals surface area contributed by atoms with E-state index in [4.69, 9.17) is 9.47 Å². The third kappa shape index (κ3) is 4.57. The minimum Gasteiger partial charge on any atom is -0.454 e. The van der Waals surface area contributed by atoms with E-state index in [2.05, 4.69) is 5.32 Å². The number of ether oxygens (including phenoxy) is 2. The molecule has 2 aromatic rings. The highest BCUT2D eigenvalue weighted by Gasteiger charge is 2.31. The lowest BCUT2D eigenvalue weighted by molar-refractivity contribution is -0.126. The zero-order chi connectivity index (χ0) is 21.1. The molecule has 1 saturated heterocycles. The molecule has 0 saturated carbocycles. The molecule has 0 bridgehead atoms. The summed E-state index contributed by atoms with van der Waals surface area (Å²) >= 11 is 0. The number of carbonyl (C=O) groups excluding carboxylic acids is 1. The Morgan fingerprint density at radius 2 is 1.83 bits per heavy atom. The highest BCUT2D eigenvalue weighted by atomic mass is 32.2. The van der Waals surface area contributed by atoms with E-state index < -0.39 is 15.8 Å². The smallest absolute Gasteiger partial charge is 0.231 e. The number of amides is 1. The predicted octanol–water partition coefficient (Wildman–Crippen LogP) is 2.41. The lowest BCUT2D eigenvalue weighted by atomic mass is 9.97. The van der Waals surface area contributed by atoms with E-state index >= 15 is 0 Å². The molecule has 0 atom stereocenters. The van der Waals surface area contributed by atoms with Gasteiger partial charge in [-0.3, -0.25) is 4.79 Å². The van der Waals surface area contributed by atoms with Crippen LogP contribution in [0.2, 0.25) is 0 Å². The van der Waals surface area contributed by atoms with Gasteiger partial charge < -0.3 is 14.8 Å². The SMILES string of the molecule is O=C(NCc1ccc2c(c1)OCO2)C1CCN(S(=O)(=O)Cc2ccccc2F)CC1. The van der Waals surface area contributed by atoms with Gasteiger partial charge in [-0.1, -0.05) is 24.3 Å². The van der Waals surface area contributed by atoms with E-state index in [0.717, 1.165) is 5.56 Å². The van der Waals surface area contributed by atoms with Gasteiger partial charge in [0.1, 0.15) is 5.82 Å². The topological polar surface area (TPSA) is 84.9 Å². The lowest BCUT2D eigenvalue weighted by Gasteiger charge is -2.30. The number of carbonyl (C=O) groups is 1. The molecule has 1 amide bonds. The van der Waals surface area contributed by atoms with E-state index in [9.17, 15) is 17.6 Å². The molecular formula is C21H23FN2O5S. The van der Waals surface area contributed by atoms with Crippen LogP contribution in [0, 0.1) is 11.7 Å². The normalized spacial score (nSPS) is 17.1.